The van der Waals surface area contributed by atoms with E-state index < -0.39 is 0 Å². The van der Waals surface area contributed by atoms with Gasteiger partial charge in [0.1, 0.15) is 5.82 Å². The summed E-state index contributed by atoms with van der Waals surface area (Å²) in [6, 6.07) is 5.79. The Hall–Kier alpha value is -1.91. The van der Waals surface area contributed by atoms with Gasteiger partial charge in [0.25, 0.3) is 5.91 Å². The number of nitrogens with zero attached hydrogens (tertiary/aromatic N) is 1. The molecule has 0 saturated heterocycles. The fourth-order valence-corrected chi connectivity index (χ4v) is 1.60. The van der Waals surface area contributed by atoms with Crippen LogP contribution in [0.25, 0.3) is 0 Å². The molecule has 1 aliphatic heterocycles. The van der Waals surface area contributed by atoms with E-state index in [0.29, 0.717) is 18.1 Å². The van der Waals surface area contributed by atoms with Gasteiger partial charge in [0, 0.05) is 18.8 Å². The van der Waals surface area contributed by atoms with E-state index >= 15 is 0 Å². The van der Waals surface area contributed by atoms with Crippen molar-refractivity contribution in [2.45, 2.75) is 12.8 Å². The molecule has 5 heteroatoms. The van der Waals surface area contributed by atoms with Crippen molar-refractivity contribution >= 4 is 17.4 Å². The number of carbonyl (C=O) groups is 1. The lowest BCUT2D eigenvalue weighted by molar-refractivity contribution is -0.110. The monoisotopic (exact) mass is 235 g/mol. The number of carbonyl (C=O) groups excluding carboxylic acids is 1. The van der Waals surface area contributed by atoms with Crippen molar-refractivity contribution in [2.75, 3.05) is 18.4 Å². The molecular formula is C12H14FN3O. The summed E-state index contributed by atoms with van der Waals surface area (Å²) in [6.45, 7) is 1.40. The first-order valence-corrected chi connectivity index (χ1v) is 5.61. The third-order valence-electron chi connectivity index (χ3n) is 2.44. The van der Waals surface area contributed by atoms with Crippen molar-refractivity contribution in [1.82, 2.24) is 5.32 Å². The Morgan fingerprint density at radius 1 is 1.41 bits per heavy atom. The minimum Gasteiger partial charge on any atom is -0.366 e. The predicted octanol–water partition coefficient (Wildman–Crippen LogP) is 1.55. The van der Waals surface area contributed by atoms with Crippen molar-refractivity contribution in [3.63, 3.8) is 0 Å². The van der Waals surface area contributed by atoms with Crippen molar-refractivity contribution in [2.24, 2.45) is 4.99 Å². The largest absolute Gasteiger partial charge is 0.366 e. The molecule has 2 rings (SSSR count). The molecule has 0 bridgehead atoms. The van der Waals surface area contributed by atoms with Crippen LogP contribution in [0, 0.1) is 5.82 Å². The molecule has 1 amide bonds. The number of anilines is 1. The zero-order valence-corrected chi connectivity index (χ0v) is 9.37. The van der Waals surface area contributed by atoms with Crippen LogP contribution >= 0.6 is 0 Å². The maximum Gasteiger partial charge on any atom is 0.290 e. The van der Waals surface area contributed by atoms with Gasteiger partial charge in [-0.1, -0.05) is 6.07 Å². The Balaban J connectivity index is 2.03. The van der Waals surface area contributed by atoms with E-state index in [1.807, 2.05) is 0 Å². The molecule has 17 heavy (non-hydrogen) atoms. The zero-order chi connectivity index (χ0) is 12.1. The summed E-state index contributed by atoms with van der Waals surface area (Å²) in [5.74, 6) is -0.372. The van der Waals surface area contributed by atoms with Crippen molar-refractivity contribution in [3.05, 3.63) is 30.1 Å². The number of nitrogens with one attached hydrogen (secondary N) is 2. The van der Waals surface area contributed by atoms with Gasteiger partial charge in [-0.3, -0.25) is 9.79 Å². The molecule has 0 unspecified atom stereocenters. The van der Waals surface area contributed by atoms with Crippen LogP contribution in [0.3, 0.4) is 0 Å². The molecule has 0 aromatic heterocycles. The maximum absolute atomic E-state index is 12.9. The summed E-state index contributed by atoms with van der Waals surface area (Å²) >= 11 is 0. The fourth-order valence-electron chi connectivity index (χ4n) is 1.60. The lowest BCUT2D eigenvalue weighted by Gasteiger charge is -2.08. The first kappa shape index (κ1) is 11.6. The third kappa shape index (κ3) is 3.27. The van der Waals surface area contributed by atoms with Gasteiger partial charge in [0.15, 0.2) is 5.84 Å². The molecule has 0 atom stereocenters. The number of amidine groups is 1. The predicted molar refractivity (Wildman–Crippen MR) is 64.6 cm³/mol. The van der Waals surface area contributed by atoms with Crippen molar-refractivity contribution in [3.8, 4) is 0 Å². The number of hydrogen-bond acceptors (Lipinski definition) is 3. The van der Waals surface area contributed by atoms with Crippen LogP contribution in [0.2, 0.25) is 0 Å². The molecule has 0 radical (unpaired) electrons. The van der Waals surface area contributed by atoms with Crippen molar-refractivity contribution in [1.29, 1.82) is 0 Å². The summed E-state index contributed by atoms with van der Waals surface area (Å²) < 4.78 is 12.9. The second kappa shape index (κ2) is 5.43. The number of benzene rings is 1. The average Bonchev–Trinajstić information content (AvgIpc) is 2.57. The fraction of sp³-hybridized carbons (Fsp3) is 0.333. The second-order valence-electron chi connectivity index (χ2n) is 3.83. The third-order valence-corrected chi connectivity index (χ3v) is 2.44. The summed E-state index contributed by atoms with van der Waals surface area (Å²) in [5, 5.41) is 5.57. The lowest BCUT2D eigenvalue weighted by atomic mass is 10.3. The van der Waals surface area contributed by atoms with Crippen LogP contribution in [0.4, 0.5) is 10.1 Å². The van der Waals surface area contributed by atoms with E-state index in [1.165, 1.54) is 12.1 Å². The highest BCUT2D eigenvalue weighted by atomic mass is 19.1. The molecule has 0 saturated carbocycles. The molecule has 2 N–H and O–H groups in total. The van der Waals surface area contributed by atoms with Gasteiger partial charge >= 0.3 is 0 Å². The minimum absolute atomic E-state index is 0.322. The molecule has 1 heterocycles. The first-order valence-electron chi connectivity index (χ1n) is 5.61. The Bertz CT molecular complexity index is 445. The van der Waals surface area contributed by atoms with Gasteiger partial charge in [-0.15, -0.1) is 0 Å². The lowest BCUT2D eigenvalue weighted by Crippen LogP contribution is -2.35. The van der Waals surface area contributed by atoms with E-state index in [0.717, 1.165) is 19.4 Å². The SMILES string of the molecule is O=C(Nc1cccc(F)c1)C1=NCCCCN1. The Morgan fingerprint density at radius 3 is 3.12 bits per heavy atom. The highest BCUT2D eigenvalue weighted by Crippen LogP contribution is 2.09. The Kier molecular flexibility index (Phi) is 3.69. The standard InChI is InChI=1S/C12H14FN3O/c13-9-4-3-5-10(8-9)16-12(17)11-14-6-1-2-7-15-11/h3-5,8H,1-2,6-7H2,(H,14,15)(H,16,17). The van der Waals surface area contributed by atoms with Gasteiger partial charge in [0.2, 0.25) is 0 Å². The summed E-state index contributed by atoms with van der Waals surface area (Å²) in [6.07, 6.45) is 1.98. The number of amides is 1. The molecule has 1 aromatic carbocycles. The highest BCUT2D eigenvalue weighted by molar-refractivity contribution is 6.42. The minimum atomic E-state index is -0.376. The Morgan fingerprint density at radius 2 is 2.29 bits per heavy atom. The molecule has 90 valence electrons. The summed E-state index contributed by atoms with van der Waals surface area (Å²) in [7, 11) is 0. The Labute approximate surface area is 98.9 Å². The smallest absolute Gasteiger partial charge is 0.290 e. The molecular weight excluding hydrogens is 221 g/mol. The normalized spacial score (nSPS) is 15.5. The van der Waals surface area contributed by atoms with E-state index in [1.54, 1.807) is 12.1 Å². The number of halogens is 1. The van der Waals surface area contributed by atoms with Gasteiger partial charge in [-0.05, 0) is 31.0 Å². The van der Waals surface area contributed by atoms with Gasteiger partial charge < -0.3 is 10.6 Å². The quantitative estimate of drug-likeness (QED) is 0.817. The van der Waals surface area contributed by atoms with Crippen LogP contribution in [0.15, 0.2) is 29.3 Å². The molecule has 1 aromatic rings. The van der Waals surface area contributed by atoms with Crippen LogP contribution in [-0.4, -0.2) is 24.8 Å². The van der Waals surface area contributed by atoms with Crippen molar-refractivity contribution < 1.29 is 9.18 Å². The van der Waals surface area contributed by atoms with Crippen LogP contribution in [0.1, 0.15) is 12.8 Å². The zero-order valence-electron chi connectivity index (χ0n) is 9.37. The van der Waals surface area contributed by atoms with E-state index in [-0.39, 0.29) is 11.7 Å². The number of rotatable bonds is 2. The second-order valence-corrected chi connectivity index (χ2v) is 3.83. The van der Waals surface area contributed by atoms with Gasteiger partial charge in [-0.2, -0.15) is 0 Å². The molecule has 0 aliphatic carbocycles. The molecule has 1 aliphatic rings. The summed E-state index contributed by atoms with van der Waals surface area (Å²) in [4.78, 5) is 15.9. The van der Waals surface area contributed by atoms with E-state index in [4.69, 9.17) is 0 Å². The molecule has 4 nitrogen and oxygen atoms in total. The van der Waals surface area contributed by atoms with Crippen LogP contribution < -0.4 is 10.6 Å². The van der Waals surface area contributed by atoms with E-state index in [9.17, 15) is 9.18 Å². The maximum atomic E-state index is 12.9. The first-order chi connectivity index (χ1) is 8.25. The highest BCUT2D eigenvalue weighted by Gasteiger charge is 2.12. The topological polar surface area (TPSA) is 53.5 Å². The molecule has 0 fully saturated rings. The van der Waals surface area contributed by atoms with Gasteiger partial charge in [0.05, 0.1) is 0 Å². The summed E-state index contributed by atoms with van der Waals surface area (Å²) in [5.41, 5.74) is 0.434. The van der Waals surface area contributed by atoms with E-state index in [2.05, 4.69) is 15.6 Å². The average molecular weight is 235 g/mol. The molecule has 0 spiro atoms. The van der Waals surface area contributed by atoms with Gasteiger partial charge in [-0.25, -0.2) is 4.39 Å². The number of hydrogen-bond donors (Lipinski definition) is 2. The number of aliphatic imine (C=N–C) groups is 1. The van der Waals surface area contributed by atoms with Crippen LogP contribution in [-0.2, 0) is 4.79 Å². The van der Waals surface area contributed by atoms with Crippen LogP contribution in [0.5, 0.6) is 0 Å².